The molecular weight excluding hydrogens is 327 g/mol. The number of nitrogens with two attached hydrogens (primary N) is 1. The maximum Gasteiger partial charge on any atom is 0.136 e. The van der Waals surface area contributed by atoms with Crippen LogP contribution in [0.15, 0.2) is 85.0 Å². The number of rotatable bonds is 7. The molecule has 0 fully saturated rings. The first-order valence-electron chi connectivity index (χ1n) is 8.20. The lowest BCUT2D eigenvalue weighted by Crippen LogP contribution is -2.08. The fourth-order valence-electron chi connectivity index (χ4n) is 2.39. The quantitative estimate of drug-likeness (QED) is 0.697. The minimum absolute atomic E-state index is 0.225. The van der Waals surface area contributed by atoms with Crippen LogP contribution in [0.5, 0.6) is 0 Å². The van der Waals surface area contributed by atoms with Crippen LogP contribution in [-0.4, -0.2) is 9.97 Å². The van der Waals surface area contributed by atoms with E-state index in [4.69, 9.17) is 5.73 Å². The summed E-state index contributed by atoms with van der Waals surface area (Å²) in [5.74, 6) is -0.469. The number of hydrogen-bond donors (Lipinski definition) is 2. The van der Waals surface area contributed by atoms with E-state index in [9.17, 15) is 0 Å². The fraction of sp³-hybridized carbons (Fsp3) is 0.143. The molecule has 3 N–H and O–H groups in total. The topological polar surface area (TPSA) is 63.8 Å². The number of nitrogens with zero attached hydrogens (tertiary/aromatic N) is 2. The summed E-state index contributed by atoms with van der Waals surface area (Å²) in [5.41, 5.74) is 10.0. The summed E-state index contributed by atoms with van der Waals surface area (Å²) in [6.07, 6.45) is 8.52. The van der Waals surface area contributed by atoms with Crippen molar-refractivity contribution in [3.63, 3.8) is 0 Å². The molecule has 0 bridgehead atoms. The normalized spacial score (nSPS) is 12.3. The van der Waals surface area contributed by atoms with Crippen molar-refractivity contribution in [3.8, 4) is 0 Å². The molecule has 134 valence electrons. The van der Waals surface area contributed by atoms with Gasteiger partial charge in [0.2, 0.25) is 0 Å². The summed E-state index contributed by atoms with van der Waals surface area (Å²) in [7, 11) is 0. The summed E-state index contributed by atoms with van der Waals surface area (Å²) in [5, 5.41) is 3.19. The van der Waals surface area contributed by atoms with Gasteiger partial charge in [-0.05, 0) is 31.5 Å². The SMILES string of the molecule is C=C(CC(/C(N)=C\C)=C(\F)C(=C)c1cccnc1)Nc1ccncc1C. The molecule has 0 aliphatic rings. The van der Waals surface area contributed by atoms with E-state index in [1.54, 1.807) is 49.9 Å². The molecule has 2 aromatic heterocycles. The van der Waals surface area contributed by atoms with Crippen LogP contribution >= 0.6 is 0 Å². The van der Waals surface area contributed by atoms with Crippen LogP contribution in [0.1, 0.15) is 24.5 Å². The second-order valence-corrected chi connectivity index (χ2v) is 5.85. The lowest BCUT2D eigenvalue weighted by molar-refractivity contribution is 0.658. The molecule has 2 heterocycles. The van der Waals surface area contributed by atoms with Crippen molar-refractivity contribution in [2.75, 3.05) is 5.32 Å². The van der Waals surface area contributed by atoms with E-state index in [0.29, 0.717) is 22.5 Å². The van der Waals surface area contributed by atoms with E-state index in [0.717, 1.165) is 11.3 Å². The maximum atomic E-state index is 15.1. The Bertz CT molecular complexity index is 867. The van der Waals surface area contributed by atoms with Crippen LogP contribution in [0, 0.1) is 6.92 Å². The van der Waals surface area contributed by atoms with Gasteiger partial charge in [-0.15, -0.1) is 0 Å². The van der Waals surface area contributed by atoms with E-state index in [1.165, 1.54) is 0 Å². The number of aromatic nitrogens is 2. The summed E-state index contributed by atoms with van der Waals surface area (Å²) in [4.78, 5) is 8.06. The molecule has 5 heteroatoms. The summed E-state index contributed by atoms with van der Waals surface area (Å²) < 4.78 is 15.1. The third-order valence-electron chi connectivity index (χ3n) is 3.92. The monoisotopic (exact) mass is 350 g/mol. The first kappa shape index (κ1) is 19.1. The molecule has 0 saturated heterocycles. The van der Waals surface area contributed by atoms with Gasteiger partial charge in [0.15, 0.2) is 0 Å². The molecule has 0 amide bonds. The standard InChI is InChI=1S/C21H23FN4/c1-5-19(23)18(21(22)16(4)17-7-6-9-24-13-17)11-15(3)26-20-8-10-25-12-14(20)2/h5-10,12-13H,3-4,11,23H2,1-2H3,(H,25,26)/b19-5+,21-18+. The summed E-state index contributed by atoms with van der Waals surface area (Å²) >= 11 is 0. The minimum atomic E-state index is -0.469. The van der Waals surface area contributed by atoms with Gasteiger partial charge in [-0.2, -0.15) is 0 Å². The van der Waals surface area contributed by atoms with E-state index in [-0.39, 0.29) is 12.0 Å². The van der Waals surface area contributed by atoms with Crippen molar-refractivity contribution < 1.29 is 4.39 Å². The molecule has 2 rings (SSSR count). The zero-order chi connectivity index (χ0) is 19.1. The van der Waals surface area contributed by atoms with Gasteiger partial charge in [0.25, 0.3) is 0 Å². The zero-order valence-corrected chi connectivity index (χ0v) is 15.1. The maximum absolute atomic E-state index is 15.1. The average molecular weight is 350 g/mol. The largest absolute Gasteiger partial charge is 0.399 e. The fourth-order valence-corrected chi connectivity index (χ4v) is 2.39. The van der Waals surface area contributed by atoms with Gasteiger partial charge < -0.3 is 11.1 Å². The van der Waals surface area contributed by atoms with Gasteiger partial charge in [0.1, 0.15) is 5.83 Å². The summed E-state index contributed by atoms with van der Waals surface area (Å²) in [6.45, 7) is 11.6. The van der Waals surface area contributed by atoms with Crippen molar-refractivity contribution >= 4 is 11.3 Å². The zero-order valence-electron chi connectivity index (χ0n) is 15.1. The Balaban J connectivity index is 2.28. The van der Waals surface area contributed by atoms with Crippen molar-refractivity contribution in [2.24, 2.45) is 5.73 Å². The number of aryl methyl sites for hydroxylation is 1. The molecule has 0 aromatic carbocycles. The van der Waals surface area contributed by atoms with Gasteiger partial charge in [0.05, 0.1) is 0 Å². The average Bonchev–Trinajstić information content (AvgIpc) is 2.67. The van der Waals surface area contributed by atoms with Gasteiger partial charge in [-0.3, -0.25) is 9.97 Å². The number of anilines is 1. The molecule has 0 saturated carbocycles. The number of pyridine rings is 2. The predicted molar refractivity (Wildman–Crippen MR) is 106 cm³/mol. The van der Waals surface area contributed by atoms with Gasteiger partial charge in [-0.25, -0.2) is 4.39 Å². The van der Waals surface area contributed by atoms with Gasteiger partial charge >= 0.3 is 0 Å². The van der Waals surface area contributed by atoms with Crippen molar-refractivity contribution in [1.82, 2.24) is 9.97 Å². The third-order valence-corrected chi connectivity index (χ3v) is 3.92. The van der Waals surface area contributed by atoms with E-state index < -0.39 is 5.83 Å². The Morgan fingerprint density at radius 2 is 1.96 bits per heavy atom. The molecular formula is C21H23FN4. The molecule has 0 aliphatic carbocycles. The van der Waals surface area contributed by atoms with Crippen molar-refractivity contribution in [2.45, 2.75) is 20.3 Å². The highest BCUT2D eigenvalue weighted by atomic mass is 19.1. The second-order valence-electron chi connectivity index (χ2n) is 5.85. The molecule has 26 heavy (non-hydrogen) atoms. The lowest BCUT2D eigenvalue weighted by atomic mass is 9.99. The predicted octanol–water partition coefficient (Wildman–Crippen LogP) is 4.90. The molecule has 2 aromatic rings. The van der Waals surface area contributed by atoms with Gasteiger partial charge in [0, 0.05) is 65.0 Å². The van der Waals surface area contributed by atoms with Crippen LogP contribution < -0.4 is 11.1 Å². The highest BCUT2D eigenvalue weighted by Crippen LogP contribution is 2.30. The molecule has 0 spiro atoms. The highest BCUT2D eigenvalue weighted by Gasteiger charge is 2.15. The first-order chi connectivity index (χ1) is 12.4. The van der Waals surface area contributed by atoms with E-state index >= 15 is 4.39 Å². The van der Waals surface area contributed by atoms with Crippen LogP contribution in [-0.2, 0) is 0 Å². The Morgan fingerprint density at radius 1 is 1.23 bits per heavy atom. The Kier molecular flexibility index (Phi) is 6.44. The van der Waals surface area contributed by atoms with Crippen LogP contribution in [0.4, 0.5) is 10.1 Å². The van der Waals surface area contributed by atoms with Crippen LogP contribution in [0.2, 0.25) is 0 Å². The second kappa shape index (κ2) is 8.76. The summed E-state index contributed by atoms with van der Waals surface area (Å²) in [6, 6.07) is 5.33. The molecule has 0 atom stereocenters. The third kappa shape index (κ3) is 4.66. The first-order valence-corrected chi connectivity index (χ1v) is 8.20. The van der Waals surface area contributed by atoms with Gasteiger partial charge in [-0.1, -0.05) is 25.3 Å². The Labute approximate surface area is 153 Å². The Hall–Kier alpha value is -3.21. The number of nitrogens with one attached hydrogen (secondary N) is 1. The Morgan fingerprint density at radius 3 is 2.58 bits per heavy atom. The molecule has 0 aliphatic heterocycles. The number of allylic oxidation sites excluding steroid dienone is 5. The smallest absolute Gasteiger partial charge is 0.136 e. The highest BCUT2D eigenvalue weighted by molar-refractivity contribution is 5.76. The van der Waals surface area contributed by atoms with E-state index in [1.807, 2.05) is 13.0 Å². The molecule has 0 radical (unpaired) electrons. The van der Waals surface area contributed by atoms with Crippen LogP contribution in [0.25, 0.3) is 5.57 Å². The van der Waals surface area contributed by atoms with Crippen molar-refractivity contribution in [3.05, 3.63) is 96.1 Å². The number of hydrogen-bond acceptors (Lipinski definition) is 4. The molecule has 4 nitrogen and oxygen atoms in total. The van der Waals surface area contributed by atoms with Crippen molar-refractivity contribution in [1.29, 1.82) is 0 Å². The van der Waals surface area contributed by atoms with E-state index in [2.05, 4.69) is 28.4 Å². The molecule has 0 unspecified atom stereocenters. The lowest BCUT2D eigenvalue weighted by Gasteiger charge is -2.16. The van der Waals surface area contributed by atoms with Crippen LogP contribution in [0.3, 0.4) is 0 Å². The minimum Gasteiger partial charge on any atom is -0.399 e. The number of halogens is 1.